The molecule has 0 unspecified atom stereocenters. The maximum absolute atomic E-state index is 11.9. The second-order valence-electron chi connectivity index (χ2n) is 9.11. The first-order valence-corrected chi connectivity index (χ1v) is 15.9. The molecule has 4 aromatic rings. The van der Waals surface area contributed by atoms with Crippen LogP contribution < -0.4 is 4.90 Å². The maximum Gasteiger partial charge on any atom is 0.260 e. The van der Waals surface area contributed by atoms with Crippen LogP contribution in [0.2, 0.25) is 0 Å². The van der Waals surface area contributed by atoms with Crippen LogP contribution in [-0.4, -0.2) is 36.6 Å². The molecule has 1 saturated heterocycles. The molecule has 14 heteroatoms. The zero-order valence-electron chi connectivity index (χ0n) is 22.2. The first kappa shape index (κ1) is 27.8. The molecule has 2 aromatic carbocycles. The van der Waals surface area contributed by atoms with Gasteiger partial charge in [0.05, 0.1) is 33.5 Å². The summed E-state index contributed by atoms with van der Waals surface area (Å²) in [7, 11) is -3.47. The van der Waals surface area contributed by atoms with Crippen molar-refractivity contribution in [2.45, 2.75) is 38.8 Å². The van der Waals surface area contributed by atoms with Crippen molar-refractivity contribution in [1.82, 2.24) is 9.36 Å². The minimum Gasteiger partial charge on any atom is -0.363 e. The summed E-state index contributed by atoms with van der Waals surface area (Å²) in [6.45, 7) is 7.61. The smallest absolute Gasteiger partial charge is 0.260 e. The Balaban J connectivity index is 1.22. The maximum atomic E-state index is 11.9. The highest BCUT2D eigenvalue weighted by Gasteiger charge is 2.18. The Kier molecular flexibility index (Phi) is 8.47. The molecule has 1 aliphatic rings. The second kappa shape index (κ2) is 12.2. The van der Waals surface area contributed by atoms with Crippen molar-refractivity contribution in [3.8, 4) is 0 Å². The van der Waals surface area contributed by atoms with Crippen LogP contribution in [0, 0.1) is 13.8 Å². The second-order valence-corrected chi connectivity index (χ2v) is 13.1. The molecule has 0 bridgehead atoms. The predicted octanol–water partition coefficient (Wildman–Crippen LogP) is 8.86. The Morgan fingerprint density at radius 2 is 1.45 bits per heavy atom. The lowest BCUT2D eigenvalue weighted by Gasteiger charge is -2.13. The van der Waals surface area contributed by atoms with E-state index in [0.717, 1.165) is 52.1 Å². The summed E-state index contributed by atoms with van der Waals surface area (Å²) in [5.41, 5.74) is 4.54. The average Bonchev–Trinajstić information content (AvgIpc) is 3.73. The fourth-order valence-corrected chi connectivity index (χ4v) is 6.31. The van der Waals surface area contributed by atoms with E-state index in [1.165, 1.54) is 17.8 Å². The molecule has 0 N–H and O–H groups in total. The molecule has 0 amide bonds. The number of thiophene rings is 1. The van der Waals surface area contributed by atoms with E-state index in [1.54, 1.807) is 30.4 Å². The van der Waals surface area contributed by atoms with Gasteiger partial charge in [-0.1, -0.05) is 18.3 Å². The first-order valence-electron chi connectivity index (χ1n) is 12.7. The van der Waals surface area contributed by atoms with Crippen molar-refractivity contribution in [3.63, 3.8) is 0 Å². The van der Waals surface area contributed by atoms with Gasteiger partial charge in [-0.05, 0) is 86.3 Å². The number of nitrogens with zero attached hydrogens (tertiary/aromatic N) is 9. The number of anilines is 1. The fraction of sp³-hybridized carbons (Fsp3) is 0.308. The molecule has 206 valence electrons. The Bertz CT molecular complexity index is 1700. The molecular formula is C26H27N9O2S3. The van der Waals surface area contributed by atoms with Gasteiger partial charge in [-0.3, -0.25) is 0 Å². The normalized spacial score (nSPS) is 14.4. The van der Waals surface area contributed by atoms with Crippen molar-refractivity contribution >= 4 is 70.6 Å². The van der Waals surface area contributed by atoms with Crippen LogP contribution in [0.4, 0.5) is 37.9 Å². The molecule has 0 atom stereocenters. The Morgan fingerprint density at radius 1 is 0.825 bits per heavy atom. The molecule has 3 heterocycles. The molecule has 5 rings (SSSR count). The lowest BCUT2D eigenvalue weighted by molar-refractivity contribution is 0.590. The Hall–Kier alpha value is -3.75. The van der Waals surface area contributed by atoms with Crippen molar-refractivity contribution in [2.75, 3.05) is 23.7 Å². The molecular weight excluding hydrogens is 567 g/mol. The third kappa shape index (κ3) is 6.69. The topological polar surface area (TPSA) is 137 Å². The highest BCUT2D eigenvalue weighted by Crippen LogP contribution is 2.35. The number of aryl methyl sites for hydroxylation is 2. The lowest BCUT2D eigenvalue weighted by atomic mass is 10.2. The van der Waals surface area contributed by atoms with Gasteiger partial charge < -0.3 is 4.90 Å². The van der Waals surface area contributed by atoms with Gasteiger partial charge in [-0.15, -0.1) is 20.5 Å². The van der Waals surface area contributed by atoms with E-state index in [1.807, 2.05) is 44.2 Å². The zero-order valence-corrected chi connectivity index (χ0v) is 24.7. The number of rotatable bonds is 9. The van der Waals surface area contributed by atoms with E-state index in [-0.39, 0.29) is 16.0 Å². The first-order chi connectivity index (χ1) is 19.3. The van der Waals surface area contributed by atoms with Crippen LogP contribution in [0.25, 0.3) is 0 Å². The molecule has 0 spiro atoms. The molecule has 11 nitrogen and oxygen atoms in total. The number of hydrogen-bond donors (Lipinski definition) is 0. The van der Waals surface area contributed by atoms with Gasteiger partial charge in [0.25, 0.3) is 5.16 Å². The standard InChI is InChI=1S/C26H27N9O2S3/c1-4-40(36,37)26-27-25(39-34-26)33-31-22-10-7-19(15-18(22)3)28-30-21-9-8-20(16-17(21)2)29-32-23-11-12-24(38-23)35-13-5-6-14-35/h7-12,15-16H,4-6,13-14H2,1-3H3/b30-28+,32-29+,33-31+. The molecule has 2 aromatic heterocycles. The van der Waals surface area contributed by atoms with E-state index < -0.39 is 9.84 Å². The monoisotopic (exact) mass is 593 g/mol. The van der Waals surface area contributed by atoms with Gasteiger partial charge in [0, 0.05) is 24.6 Å². The summed E-state index contributed by atoms with van der Waals surface area (Å²) < 4.78 is 27.6. The number of azo groups is 3. The number of benzene rings is 2. The fourth-order valence-electron chi connectivity index (χ4n) is 3.92. The quantitative estimate of drug-likeness (QED) is 0.178. The predicted molar refractivity (Wildman–Crippen MR) is 158 cm³/mol. The van der Waals surface area contributed by atoms with Crippen LogP contribution >= 0.6 is 22.9 Å². The largest absolute Gasteiger partial charge is 0.363 e. The summed E-state index contributed by atoms with van der Waals surface area (Å²) in [6.07, 6.45) is 2.50. The van der Waals surface area contributed by atoms with Gasteiger partial charge in [0.15, 0.2) is 0 Å². The average molecular weight is 594 g/mol. The van der Waals surface area contributed by atoms with Crippen LogP contribution in [0.5, 0.6) is 0 Å². The van der Waals surface area contributed by atoms with Crippen molar-refractivity contribution in [2.24, 2.45) is 30.7 Å². The molecule has 40 heavy (non-hydrogen) atoms. The third-order valence-electron chi connectivity index (χ3n) is 6.19. The third-order valence-corrected chi connectivity index (χ3v) is 9.44. The highest BCUT2D eigenvalue weighted by molar-refractivity contribution is 7.91. The number of aromatic nitrogens is 2. The van der Waals surface area contributed by atoms with Crippen LogP contribution in [0.3, 0.4) is 0 Å². The number of hydrogen-bond acceptors (Lipinski definition) is 13. The van der Waals surface area contributed by atoms with Crippen LogP contribution in [-0.2, 0) is 9.84 Å². The molecule has 0 radical (unpaired) electrons. The molecule has 1 fully saturated rings. The zero-order chi connectivity index (χ0) is 28.1. The van der Waals surface area contributed by atoms with Crippen molar-refractivity contribution in [1.29, 1.82) is 0 Å². The van der Waals surface area contributed by atoms with E-state index in [9.17, 15) is 8.42 Å². The van der Waals surface area contributed by atoms with E-state index in [4.69, 9.17) is 0 Å². The van der Waals surface area contributed by atoms with Gasteiger partial charge in [-0.25, -0.2) is 8.42 Å². The summed E-state index contributed by atoms with van der Waals surface area (Å²) >= 11 is 2.55. The SMILES string of the molecule is CCS(=O)(=O)c1nsc(/N=N/c2ccc(/N=N/c3ccc(/N=N/c4ccc(N5CCCC5)s4)cc3C)cc2C)n1. The van der Waals surface area contributed by atoms with Crippen LogP contribution in [0.1, 0.15) is 30.9 Å². The molecule has 1 aliphatic heterocycles. The number of sulfone groups is 1. The van der Waals surface area contributed by atoms with Crippen LogP contribution in [0.15, 0.2) is 84.4 Å². The lowest BCUT2D eigenvalue weighted by Crippen LogP contribution is -2.15. The van der Waals surface area contributed by atoms with Crippen molar-refractivity contribution in [3.05, 3.63) is 59.7 Å². The molecule has 0 saturated carbocycles. The van der Waals surface area contributed by atoms with Gasteiger partial charge >= 0.3 is 0 Å². The van der Waals surface area contributed by atoms with E-state index in [0.29, 0.717) is 11.4 Å². The minimum absolute atomic E-state index is 0.0699. The van der Waals surface area contributed by atoms with Gasteiger partial charge in [0.1, 0.15) is 5.00 Å². The van der Waals surface area contributed by atoms with Gasteiger partial charge in [-0.2, -0.15) is 19.6 Å². The van der Waals surface area contributed by atoms with E-state index >= 15 is 0 Å². The summed E-state index contributed by atoms with van der Waals surface area (Å²) in [4.78, 5) is 6.34. The summed E-state index contributed by atoms with van der Waals surface area (Å²) in [5.74, 6) is -0.0699. The van der Waals surface area contributed by atoms with E-state index in [2.05, 4.69) is 51.0 Å². The Morgan fingerprint density at radius 3 is 2.08 bits per heavy atom. The molecule has 0 aliphatic carbocycles. The van der Waals surface area contributed by atoms with Gasteiger partial charge in [0.2, 0.25) is 15.0 Å². The Labute approximate surface area is 240 Å². The van der Waals surface area contributed by atoms with Crippen molar-refractivity contribution < 1.29 is 8.42 Å². The minimum atomic E-state index is -3.47. The summed E-state index contributed by atoms with van der Waals surface area (Å²) in [5, 5.41) is 27.9. The summed E-state index contributed by atoms with van der Waals surface area (Å²) in [6, 6.07) is 15.2. The highest BCUT2D eigenvalue weighted by atomic mass is 32.2.